The van der Waals surface area contributed by atoms with Crippen LogP contribution in [0.4, 0.5) is 11.6 Å². The summed E-state index contributed by atoms with van der Waals surface area (Å²) < 4.78 is 114. The summed E-state index contributed by atoms with van der Waals surface area (Å²) in [5, 5.41) is 41.7. The molecule has 0 spiro atoms. The van der Waals surface area contributed by atoms with Gasteiger partial charge in [-0.3, -0.25) is 18.2 Å². The number of hydrogen-bond acceptors (Lipinski definition) is 28. The smallest absolute Gasteiger partial charge is 0.490 e. The van der Waals surface area contributed by atoms with Crippen LogP contribution in [0.5, 0.6) is 0 Å². The van der Waals surface area contributed by atoms with Crippen molar-refractivity contribution in [2.45, 2.75) is 49.1 Å². The fourth-order valence-corrected chi connectivity index (χ4v) is 13.2. The summed E-state index contributed by atoms with van der Waals surface area (Å²) in [6, 6.07) is 0. The van der Waals surface area contributed by atoms with Gasteiger partial charge < -0.3 is 75.3 Å². The maximum Gasteiger partial charge on any atom is 0.490 e. The van der Waals surface area contributed by atoms with Gasteiger partial charge in [0.05, 0.1) is 25.9 Å². The standard InChI is InChI=1S/C20H30N10O25P6/c21-15-9-17(25-3-23-15)29(5-27-9)19-13(33)11(31)7(49-19)1-47-56(35,36)51-58(39,40)53-60(43,44)55-61(45,46)54-59(41,42)52-57(37,38)48-2-8-12(32)14(34)20(50-8)30-6-28-10-16(22)24-4-26-18(10)30/h3-8,11-14,19-20,31-34H,1-2H2,(H,35,36)(H,37,38)(H,39,40)(H,41,42)(H,43,44)(H,45,46)(H2,21,23,25)(H2,22,24,26)/p-1. The summed E-state index contributed by atoms with van der Waals surface area (Å²) >= 11 is 0. The first-order valence-electron chi connectivity index (χ1n) is 15.8. The number of aliphatic hydroxyl groups excluding tert-OH is 4. The third-order valence-electron chi connectivity index (χ3n) is 7.82. The van der Waals surface area contributed by atoms with Gasteiger partial charge in [-0.2, -0.15) is 17.2 Å². The molecule has 4 aromatic heterocycles. The molecule has 4 aromatic rings. The predicted molar refractivity (Wildman–Crippen MR) is 185 cm³/mol. The van der Waals surface area contributed by atoms with Crippen LogP contribution < -0.4 is 16.4 Å². The Kier molecular flexibility index (Phi) is 13.6. The number of rotatable bonds is 18. The van der Waals surface area contributed by atoms with Crippen LogP contribution in [0.1, 0.15) is 12.5 Å². The van der Waals surface area contributed by atoms with Gasteiger partial charge in [0.2, 0.25) is 0 Å². The van der Waals surface area contributed by atoms with Crippen LogP contribution in [0.2, 0.25) is 0 Å². The number of nitrogens with two attached hydrogens (primary N) is 2. The van der Waals surface area contributed by atoms with Crippen molar-refractivity contribution < 1.29 is 117 Å². The predicted octanol–water partition coefficient (Wildman–Crippen LogP) is -2.84. The van der Waals surface area contributed by atoms with E-state index in [1.54, 1.807) is 0 Å². The Morgan fingerprint density at radius 2 is 0.918 bits per heavy atom. The van der Waals surface area contributed by atoms with Crippen LogP contribution in [-0.2, 0) is 67.5 Å². The molecule has 2 fully saturated rings. The molecule has 0 saturated carbocycles. The second kappa shape index (κ2) is 17.4. The number of imidazole rings is 2. The number of nitrogen functional groups attached to an aromatic ring is 2. The Labute approximate surface area is 336 Å². The minimum atomic E-state index is -6.62. The van der Waals surface area contributed by atoms with Crippen LogP contribution in [0.3, 0.4) is 0 Å². The number of anilines is 2. The van der Waals surface area contributed by atoms with Gasteiger partial charge in [0.25, 0.3) is 7.82 Å². The highest BCUT2D eigenvalue weighted by atomic mass is 31.3. The second-order valence-electron chi connectivity index (χ2n) is 12.0. The third-order valence-corrected chi connectivity index (χ3v) is 17.0. The second-order valence-corrected chi connectivity index (χ2v) is 21.4. The van der Waals surface area contributed by atoms with E-state index in [4.69, 9.17) is 20.9 Å². The summed E-state index contributed by atoms with van der Waals surface area (Å²) in [5.74, 6) is -0.128. The molecule has 2 aliphatic rings. The molecule has 6 heterocycles. The molecule has 61 heavy (non-hydrogen) atoms. The molecule has 0 amide bonds. The normalized spacial score (nSPS) is 30.6. The fourth-order valence-electron chi connectivity index (χ4n) is 5.39. The van der Waals surface area contributed by atoms with E-state index in [-0.39, 0.29) is 34.0 Å². The topological polar surface area (TPSA) is 530 Å². The third kappa shape index (κ3) is 11.2. The number of phosphoric ester groups is 2. The first kappa shape index (κ1) is 47.8. The Morgan fingerprint density at radius 3 is 1.33 bits per heavy atom. The van der Waals surface area contributed by atoms with Crippen molar-refractivity contribution in [3.63, 3.8) is 0 Å². The number of hydrogen-bond donors (Lipinski definition) is 11. The van der Waals surface area contributed by atoms with Gasteiger partial charge in [-0.05, 0) is 0 Å². The Hall–Kier alpha value is -2.68. The molecule has 0 aliphatic carbocycles. The van der Waals surface area contributed by atoms with Crippen molar-refractivity contribution in [1.29, 1.82) is 0 Å². The first-order chi connectivity index (χ1) is 28.1. The molecule has 14 atom stereocenters. The summed E-state index contributed by atoms with van der Waals surface area (Å²) in [6.45, 7) is -2.49. The molecule has 340 valence electrons. The monoisotopic (exact) mass is 995 g/mol. The number of phosphoric acid groups is 6. The molecule has 2 saturated heterocycles. The van der Waals surface area contributed by atoms with Crippen LogP contribution >= 0.6 is 46.9 Å². The zero-order valence-electron chi connectivity index (χ0n) is 29.3. The summed E-state index contributed by atoms with van der Waals surface area (Å²) in [5.41, 5.74) is 11.6. The van der Waals surface area contributed by atoms with Crippen molar-refractivity contribution >= 4 is 80.9 Å². The van der Waals surface area contributed by atoms with E-state index in [0.29, 0.717) is 0 Å². The molecule has 13 N–H and O–H groups in total. The van der Waals surface area contributed by atoms with Crippen LogP contribution in [0.15, 0.2) is 25.3 Å². The number of nitrogens with zero attached hydrogens (tertiary/aromatic N) is 8. The highest BCUT2D eigenvalue weighted by molar-refractivity contribution is 7.72. The molecule has 0 radical (unpaired) electrons. The number of aromatic nitrogens is 8. The van der Waals surface area contributed by atoms with Gasteiger partial charge >= 0.3 is 39.1 Å². The average molecular weight is 995 g/mol. The van der Waals surface area contributed by atoms with Crippen molar-refractivity contribution in [3.05, 3.63) is 25.3 Å². The number of ether oxygens (including phenoxy) is 2. The van der Waals surface area contributed by atoms with E-state index in [0.717, 1.165) is 34.4 Å². The maximum atomic E-state index is 12.4. The van der Waals surface area contributed by atoms with Crippen molar-refractivity contribution in [3.8, 4) is 0 Å². The SMILES string of the molecule is Nc1ncnc2c1ncn2C1OC(COP(=O)([O-])OP(=O)(O)OP(=O)(O)OP(=O)(O)OP(=O)(O)OP(=O)(O)OCC2OC(n3cnc4c(N)ncnc43)C(O)C2O)C(O)C1O. The molecule has 6 rings (SSSR count). The molecular weight excluding hydrogens is 966 g/mol. The Morgan fingerprint density at radius 1 is 0.557 bits per heavy atom. The minimum absolute atomic E-state index is 0.0138. The van der Waals surface area contributed by atoms with Gasteiger partial charge in [0.1, 0.15) is 60.3 Å². The van der Waals surface area contributed by atoms with E-state index < -0.39 is 109 Å². The van der Waals surface area contributed by atoms with E-state index in [1.807, 2.05) is 0 Å². The summed E-state index contributed by atoms with van der Waals surface area (Å²) in [7, 11) is -38.3. The number of fused-ring (bicyclic) bond motifs is 2. The molecule has 35 nitrogen and oxygen atoms in total. The molecule has 2 aliphatic heterocycles. The Balaban J connectivity index is 0.991. The zero-order chi connectivity index (χ0) is 45.1. The van der Waals surface area contributed by atoms with E-state index in [1.165, 1.54) is 0 Å². The molecule has 14 unspecified atom stereocenters. The molecule has 0 bridgehead atoms. The Bertz CT molecular complexity index is 2410. The van der Waals surface area contributed by atoms with E-state index in [2.05, 4.69) is 60.5 Å². The van der Waals surface area contributed by atoms with Gasteiger partial charge in [-0.25, -0.2) is 57.0 Å². The van der Waals surface area contributed by atoms with Gasteiger partial charge in [-0.1, -0.05) is 0 Å². The zero-order valence-corrected chi connectivity index (χ0v) is 34.7. The van der Waals surface area contributed by atoms with E-state index >= 15 is 0 Å². The average Bonchev–Trinajstić information content (AvgIpc) is 3.86. The molecule has 41 heteroatoms. The maximum absolute atomic E-state index is 12.4. The van der Waals surface area contributed by atoms with Crippen molar-refractivity contribution in [1.82, 2.24) is 39.0 Å². The molecule has 0 aromatic carbocycles. The lowest BCUT2D eigenvalue weighted by Crippen LogP contribution is -2.34. The van der Waals surface area contributed by atoms with Crippen molar-refractivity contribution in [2.75, 3.05) is 24.7 Å². The highest BCUT2D eigenvalue weighted by Crippen LogP contribution is 2.75. The van der Waals surface area contributed by atoms with Crippen LogP contribution in [-0.4, -0.2) is 134 Å². The quantitative estimate of drug-likeness (QED) is 0.0447. The minimum Gasteiger partial charge on any atom is -0.756 e. The lowest BCUT2D eigenvalue weighted by molar-refractivity contribution is -0.221. The number of aliphatic hydroxyl groups is 4. The van der Waals surface area contributed by atoms with Crippen LogP contribution in [0, 0.1) is 0 Å². The van der Waals surface area contributed by atoms with Gasteiger partial charge in [0, 0.05) is 0 Å². The molecular formula is C20H29N10O25P6-. The summed E-state index contributed by atoms with van der Waals surface area (Å²) in [6.07, 6.45) is -9.55. The lowest BCUT2D eigenvalue weighted by atomic mass is 10.1. The lowest BCUT2D eigenvalue weighted by Gasteiger charge is -2.26. The summed E-state index contributed by atoms with van der Waals surface area (Å²) in [4.78, 5) is 84.4. The highest BCUT2D eigenvalue weighted by Gasteiger charge is 2.51. The van der Waals surface area contributed by atoms with Crippen molar-refractivity contribution in [2.24, 2.45) is 0 Å². The van der Waals surface area contributed by atoms with E-state index in [9.17, 15) is 77.2 Å². The fraction of sp³-hybridized carbons (Fsp3) is 0.500. The largest absolute Gasteiger partial charge is 0.756 e. The van der Waals surface area contributed by atoms with Gasteiger partial charge in [0.15, 0.2) is 35.4 Å². The van der Waals surface area contributed by atoms with Crippen LogP contribution in [0.25, 0.3) is 22.3 Å². The first-order valence-corrected chi connectivity index (χ1v) is 24.7. The van der Waals surface area contributed by atoms with Gasteiger partial charge in [-0.15, -0.1) is 0 Å².